The second-order valence-electron chi connectivity index (χ2n) is 9.27. The SMILES string of the molecule is CN(C)c1nc(NC2CCC(NC(=O)Nc3cccc(C(F)(F)F)c3)CC2)nc2c1CCCC2. The van der Waals surface area contributed by atoms with Crippen LogP contribution in [0.1, 0.15) is 55.3 Å². The van der Waals surface area contributed by atoms with Gasteiger partial charge >= 0.3 is 12.2 Å². The molecule has 3 N–H and O–H groups in total. The molecule has 1 aromatic heterocycles. The van der Waals surface area contributed by atoms with E-state index in [1.807, 2.05) is 19.0 Å². The number of aromatic nitrogens is 2. The maximum absolute atomic E-state index is 12.9. The molecule has 1 aromatic carbocycles. The fraction of sp³-hybridized carbons (Fsp3) is 0.542. The molecule has 1 fully saturated rings. The molecule has 2 aliphatic carbocycles. The van der Waals surface area contributed by atoms with Crippen LogP contribution in [0.2, 0.25) is 0 Å². The van der Waals surface area contributed by atoms with Crippen LogP contribution < -0.4 is 20.9 Å². The van der Waals surface area contributed by atoms with Crippen LogP contribution in [0.25, 0.3) is 0 Å². The Morgan fingerprint density at radius 3 is 2.44 bits per heavy atom. The number of hydrogen-bond acceptors (Lipinski definition) is 5. The molecule has 0 bridgehead atoms. The van der Waals surface area contributed by atoms with Crippen LogP contribution in [-0.2, 0) is 19.0 Å². The summed E-state index contributed by atoms with van der Waals surface area (Å²) in [6.45, 7) is 0. The highest BCUT2D eigenvalue weighted by atomic mass is 19.4. The molecule has 0 atom stereocenters. The van der Waals surface area contributed by atoms with E-state index in [0.717, 1.165) is 68.6 Å². The highest BCUT2D eigenvalue weighted by Crippen LogP contribution is 2.31. The highest BCUT2D eigenvalue weighted by molar-refractivity contribution is 5.89. The monoisotopic (exact) mass is 476 g/mol. The highest BCUT2D eigenvalue weighted by Gasteiger charge is 2.30. The normalized spacial score (nSPS) is 20.3. The first kappa shape index (κ1) is 24.1. The van der Waals surface area contributed by atoms with E-state index in [-0.39, 0.29) is 17.8 Å². The zero-order valence-electron chi connectivity index (χ0n) is 19.5. The van der Waals surface area contributed by atoms with Gasteiger partial charge in [0, 0.05) is 37.4 Å². The molecular formula is C24H31F3N6O. The summed E-state index contributed by atoms with van der Waals surface area (Å²) in [5.74, 6) is 1.64. The van der Waals surface area contributed by atoms with Crippen molar-refractivity contribution in [3.8, 4) is 0 Å². The fourth-order valence-corrected chi connectivity index (χ4v) is 4.70. The number of anilines is 3. The molecular weight excluding hydrogens is 445 g/mol. The van der Waals surface area contributed by atoms with Crippen LogP contribution in [0.4, 0.5) is 35.4 Å². The molecule has 0 spiro atoms. The minimum absolute atomic E-state index is 0.0364. The summed E-state index contributed by atoms with van der Waals surface area (Å²) in [6.07, 6.45) is 3.07. The van der Waals surface area contributed by atoms with Crippen molar-refractivity contribution in [1.82, 2.24) is 15.3 Å². The van der Waals surface area contributed by atoms with E-state index >= 15 is 0 Å². The smallest absolute Gasteiger partial charge is 0.362 e. The first-order chi connectivity index (χ1) is 16.2. The minimum atomic E-state index is -4.45. The van der Waals surface area contributed by atoms with Gasteiger partial charge in [-0.15, -0.1) is 0 Å². The second-order valence-corrected chi connectivity index (χ2v) is 9.27. The molecule has 2 amide bonds. The number of urea groups is 1. The maximum atomic E-state index is 12.9. The number of nitrogens with one attached hydrogen (secondary N) is 3. The average Bonchev–Trinajstić information content (AvgIpc) is 2.79. The van der Waals surface area contributed by atoms with Crippen LogP contribution in [0.5, 0.6) is 0 Å². The van der Waals surface area contributed by atoms with Crippen LogP contribution >= 0.6 is 0 Å². The summed E-state index contributed by atoms with van der Waals surface area (Å²) in [5.41, 5.74) is 1.71. The van der Waals surface area contributed by atoms with Crippen molar-refractivity contribution in [3.05, 3.63) is 41.1 Å². The topological polar surface area (TPSA) is 82.2 Å². The van der Waals surface area contributed by atoms with Gasteiger partial charge in [-0.3, -0.25) is 0 Å². The second kappa shape index (κ2) is 10.1. The molecule has 1 heterocycles. The summed E-state index contributed by atoms with van der Waals surface area (Å²) in [5, 5.41) is 8.86. The summed E-state index contributed by atoms with van der Waals surface area (Å²) in [7, 11) is 4.00. The molecule has 0 unspecified atom stereocenters. The van der Waals surface area contributed by atoms with Gasteiger partial charge in [0.15, 0.2) is 0 Å². The lowest BCUT2D eigenvalue weighted by molar-refractivity contribution is -0.137. The first-order valence-corrected chi connectivity index (χ1v) is 11.8. The van der Waals surface area contributed by atoms with Crippen LogP contribution in [0, 0.1) is 0 Å². The largest absolute Gasteiger partial charge is 0.416 e. The van der Waals surface area contributed by atoms with E-state index in [0.29, 0.717) is 5.95 Å². The molecule has 10 heteroatoms. The third-order valence-electron chi connectivity index (χ3n) is 6.43. The number of aryl methyl sites for hydroxylation is 1. The third-order valence-corrected chi connectivity index (χ3v) is 6.43. The van der Waals surface area contributed by atoms with Gasteiger partial charge in [0.25, 0.3) is 0 Å². The van der Waals surface area contributed by atoms with E-state index < -0.39 is 17.8 Å². The Bertz CT molecular complexity index is 1020. The number of benzene rings is 1. The van der Waals surface area contributed by atoms with Crippen molar-refractivity contribution in [2.75, 3.05) is 29.6 Å². The van der Waals surface area contributed by atoms with Gasteiger partial charge in [0.1, 0.15) is 5.82 Å². The number of alkyl halides is 3. The maximum Gasteiger partial charge on any atom is 0.416 e. The van der Waals surface area contributed by atoms with Gasteiger partial charge in [0.05, 0.1) is 11.3 Å². The van der Waals surface area contributed by atoms with Crippen LogP contribution in [0.3, 0.4) is 0 Å². The number of halogens is 3. The van der Waals surface area contributed by atoms with Crippen LogP contribution in [0.15, 0.2) is 24.3 Å². The van der Waals surface area contributed by atoms with Gasteiger partial charge in [-0.1, -0.05) is 6.07 Å². The van der Waals surface area contributed by atoms with E-state index in [4.69, 9.17) is 9.97 Å². The van der Waals surface area contributed by atoms with Crippen molar-refractivity contribution in [2.45, 2.75) is 69.6 Å². The average molecular weight is 477 g/mol. The van der Waals surface area contributed by atoms with E-state index in [1.54, 1.807) is 0 Å². The van der Waals surface area contributed by atoms with Gasteiger partial charge in [-0.05, 0) is 69.6 Å². The zero-order chi connectivity index (χ0) is 24.3. The van der Waals surface area contributed by atoms with Gasteiger partial charge < -0.3 is 20.9 Å². The Morgan fingerprint density at radius 2 is 1.74 bits per heavy atom. The number of amides is 2. The standard InChI is InChI=1S/C24H31F3N6O/c1-33(2)21-19-8-3-4-9-20(19)31-22(32-21)28-16-10-12-17(13-11-16)29-23(34)30-18-7-5-6-15(14-18)24(25,26)27/h5-7,14,16-17H,3-4,8-13H2,1-2H3,(H,28,31,32)(H2,29,30,34). The predicted molar refractivity (Wildman–Crippen MR) is 126 cm³/mol. The van der Waals surface area contributed by atoms with Crippen molar-refractivity contribution >= 4 is 23.5 Å². The molecule has 4 rings (SSSR count). The lowest BCUT2D eigenvalue weighted by Gasteiger charge is -2.30. The first-order valence-electron chi connectivity index (χ1n) is 11.8. The van der Waals surface area contributed by atoms with Crippen molar-refractivity contribution in [3.63, 3.8) is 0 Å². The molecule has 2 aromatic rings. The summed E-state index contributed by atoms with van der Waals surface area (Å²) in [4.78, 5) is 23.9. The predicted octanol–water partition coefficient (Wildman–Crippen LogP) is 4.99. The molecule has 0 saturated heterocycles. The molecule has 7 nitrogen and oxygen atoms in total. The Kier molecular flexibility index (Phi) is 7.13. The quantitative estimate of drug-likeness (QED) is 0.567. The lowest BCUT2D eigenvalue weighted by Crippen LogP contribution is -2.42. The molecule has 184 valence electrons. The Balaban J connectivity index is 1.29. The van der Waals surface area contributed by atoms with Gasteiger partial charge in [0.2, 0.25) is 5.95 Å². The Morgan fingerprint density at radius 1 is 1.03 bits per heavy atom. The lowest BCUT2D eigenvalue weighted by atomic mass is 9.91. The summed E-state index contributed by atoms with van der Waals surface area (Å²) in [6, 6.07) is 4.30. The number of carbonyl (C=O) groups is 1. The molecule has 0 aliphatic heterocycles. The van der Waals surface area contributed by atoms with Crippen molar-refractivity contribution in [2.24, 2.45) is 0 Å². The van der Waals surface area contributed by atoms with Crippen molar-refractivity contribution < 1.29 is 18.0 Å². The van der Waals surface area contributed by atoms with Gasteiger partial charge in [-0.2, -0.15) is 18.2 Å². The zero-order valence-corrected chi connectivity index (χ0v) is 19.5. The van der Waals surface area contributed by atoms with E-state index in [2.05, 4.69) is 16.0 Å². The number of hydrogen-bond donors (Lipinski definition) is 3. The van der Waals surface area contributed by atoms with Crippen LogP contribution in [-0.4, -0.2) is 42.2 Å². The molecule has 0 radical (unpaired) electrons. The fourth-order valence-electron chi connectivity index (χ4n) is 4.70. The van der Waals surface area contributed by atoms with Crippen molar-refractivity contribution in [1.29, 1.82) is 0 Å². The molecule has 34 heavy (non-hydrogen) atoms. The summed E-state index contributed by atoms with van der Waals surface area (Å²) >= 11 is 0. The molecule has 2 aliphatic rings. The number of rotatable bonds is 5. The van der Waals surface area contributed by atoms with Gasteiger partial charge in [-0.25, -0.2) is 9.78 Å². The number of fused-ring (bicyclic) bond motifs is 1. The Labute approximate surface area is 197 Å². The van der Waals surface area contributed by atoms with E-state index in [9.17, 15) is 18.0 Å². The molecule has 1 saturated carbocycles. The third kappa shape index (κ3) is 5.90. The Hall–Kier alpha value is -3.04. The minimum Gasteiger partial charge on any atom is -0.362 e. The van der Waals surface area contributed by atoms with E-state index in [1.165, 1.54) is 24.1 Å². The summed E-state index contributed by atoms with van der Waals surface area (Å²) < 4.78 is 38.6. The number of carbonyl (C=O) groups excluding carboxylic acids is 1. The number of nitrogens with zero attached hydrogens (tertiary/aromatic N) is 3.